The quantitative estimate of drug-likeness (QED) is 0.478. The molecule has 0 aromatic rings. The summed E-state index contributed by atoms with van der Waals surface area (Å²) in [6, 6.07) is 0.719. The van der Waals surface area contributed by atoms with Gasteiger partial charge in [0.1, 0.15) is 26.1 Å². The van der Waals surface area contributed by atoms with Crippen LogP contribution >= 0.6 is 8.30 Å². The number of hydrogen-bond acceptors (Lipinski definition) is 5. The van der Waals surface area contributed by atoms with Crippen LogP contribution in [0.2, 0.25) is 0 Å². The van der Waals surface area contributed by atoms with Crippen LogP contribution in [0.4, 0.5) is 0 Å². The van der Waals surface area contributed by atoms with Crippen molar-refractivity contribution in [3.63, 3.8) is 0 Å². The van der Waals surface area contributed by atoms with Gasteiger partial charge in [-0.1, -0.05) is 0 Å². The standard InChI is InChI=1S/C16H32NO4P/c1-12(2)17(13(3)4)22(9-7-8-18-6)21-15-14-10-20-16(15,5)11-19-14/h12-15H,7-11H2,1-6H3/t14-,15-,16-,22?/m0/s1/i5D,10T/t10-,14-,15-,16-,22?. The van der Waals surface area contributed by atoms with Crippen LogP contribution in [0.3, 0.4) is 0 Å². The van der Waals surface area contributed by atoms with Gasteiger partial charge in [0, 0.05) is 33.3 Å². The highest BCUT2D eigenvalue weighted by molar-refractivity contribution is 7.50. The molecule has 1 unspecified atom stereocenters. The largest absolute Gasteiger partial charge is 0.385 e. The highest BCUT2D eigenvalue weighted by Crippen LogP contribution is 2.51. The second-order valence-corrected chi connectivity index (χ2v) is 8.43. The Morgan fingerprint density at radius 2 is 2.18 bits per heavy atom. The molecule has 2 heterocycles. The van der Waals surface area contributed by atoms with E-state index in [4.69, 9.17) is 21.5 Å². The second kappa shape index (κ2) is 7.87. The Kier molecular flexibility index (Phi) is 5.63. The Hall–Kier alpha value is 0.230. The smallest absolute Gasteiger partial charge is 0.123 e. The lowest BCUT2D eigenvalue weighted by Gasteiger charge is -2.39. The van der Waals surface area contributed by atoms with Crippen molar-refractivity contribution < 1.29 is 21.5 Å². The molecule has 22 heavy (non-hydrogen) atoms. The van der Waals surface area contributed by atoms with Crippen molar-refractivity contribution in [2.75, 3.05) is 33.1 Å². The van der Waals surface area contributed by atoms with E-state index in [-0.39, 0.29) is 19.1 Å². The third-order valence-electron chi connectivity index (χ3n) is 4.02. The predicted molar refractivity (Wildman–Crippen MR) is 89.4 cm³/mol. The molecule has 0 saturated carbocycles. The van der Waals surface area contributed by atoms with Crippen LogP contribution in [0.5, 0.6) is 0 Å². The molecule has 2 aliphatic heterocycles. The maximum atomic E-state index is 8.03. The maximum Gasteiger partial charge on any atom is 0.123 e. The summed E-state index contributed by atoms with van der Waals surface area (Å²) in [6.45, 7) is 9.09. The van der Waals surface area contributed by atoms with E-state index < -0.39 is 20.5 Å². The van der Waals surface area contributed by atoms with Gasteiger partial charge in [-0.25, -0.2) is 0 Å². The fourth-order valence-corrected chi connectivity index (χ4v) is 5.54. The molecule has 0 aromatic heterocycles. The van der Waals surface area contributed by atoms with E-state index in [1.165, 1.54) is 0 Å². The second-order valence-electron chi connectivity index (χ2n) is 6.61. The molecule has 5 atom stereocenters. The minimum atomic E-state index is -0.869. The van der Waals surface area contributed by atoms with Gasteiger partial charge in [0.2, 0.25) is 0 Å². The summed E-state index contributed by atoms with van der Waals surface area (Å²) in [5.74, 6) is 0. The maximum absolute atomic E-state index is 8.03. The van der Waals surface area contributed by atoms with Gasteiger partial charge >= 0.3 is 0 Å². The van der Waals surface area contributed by atoms with Crippen molar-refractivity contribution in [1.29, 1.82) is 0 Å². The monoisotopic (exact) mass is 336 g/mol. The fraction of sp³-hybridized carbons (Fsp3) is 1.00. The highest BCUT2D eigenvalue weighted by atomic mass is 31.2. The molecule has 2 fully saturated rings. The van der Waals surface area contributed by atoms with Crippen molar-refractivity contribution >= 4 is 8.30 Å². The topological polar surface area (TPSA) is 40.2 Å². The number of hydrogen-bond donors (Lipinski definition) is 0. The van der Waals surface area contributed by atoms with Gasteiger partial charge in [0.15, 0.2) is 0 Å². The summed E-state index contributed by atoms with van der Waals surface area (Å²) in [5, 5.41) is 0. The number of methoxy groups -OCH3 is 1. The van der Waals surface area contributed by atoms with Crippen molar-refractivity contribution in [3.05, 3.63) is 0 Å². The van der Waals surface area contributed by atoms with Crippen molar-refractivity contribution in [2.45, 2.75) is 70.9 Å². The number of fused-ring (bicyclic) bond motifs is 2. The van der Waals surface area contributed by atoms with Gasteiger partial charge in [-0.05, 0) is 41.0 Å². The molecule has 0 N–H and O–H groups in total. The van der Waals surface area contributed by atoms with Crippen molar-refractivity contribution in [3.8, 4) is 0 Å². The fourth-order valence-electron chi connectivity index (χ4n) is 3.09. The first kappa shape index (κ1) is 15.7. The van der Waals surface area contributed by atoms with Gasteiger partial charge in [-0.15, -0.1) is 0 Å². The van der Waals surface area contributed by atoms with Crippen LogP contribution in [-0.4, -0.2) is 67.6 Å². The summed E-state index contributed by atoms with van der Waals surface area (Å²) in [4.78, 5) is 0. The zero-order valence-corrected chi connectivity index (χ0v) is 15.3. The van der Waals surface area contributed by atoms with Crippen LogP contribution in [0.25, 0.3) is 0 Å². The SMILES string of the molecule is [2H]C[C@@]12CO[C@@H]([C@H]([3H])O1)[C@@H]2OP(CCCOC)N(C(C)C)C(C)C. The number of rotatable bonds is 9. The molecule has 2 bridgehead atoms. The lowest BCUT2D eigenvalue weighted by atomic mass is 10.0. The summed E-state index contributed by atoms with van der Waals surface area (Å²) in [5.41, 5.74) is -0.779. The molecule has 0 radical (unpaired) electrons. The van der Waals surface area contributed by atoms with Crippen molar-refractivity contribution in [2.24, 2.45) is 0 Å². The molecule has 5 nitrogen and oxygen atoms in total. The molecule has 2 rings (SSSR count). The van der Waals surface area contributed by atoms with E-state index in [1.54, 1.807) is 7.11 Å². The minimum Gasteiger partial charge on any atom is -0.385 e. The molecule has 2 aliphatic rings. The third-order valence-corrected chi connectivity index (χ3v) is 6.63. The number of ether oxygens (including phenoxy) is 3. The van der Waals surface area contributed by atoms with Gasteiger partial charge in [0.25, 0.3) is 0 Å². The zero-order chi connectivity index (χ0) is 17.9. The molecule has 2 saturated heterocycles. The minimum absolute atomic E-state index is 0.0636. The molecular formula is C16H32NO4P. The molecular weight excluding hydrogens is 301 g/mol. The van der Waals surface area contributed by atoms with E-state index in [0.717, 1.165) is 12.6 Å². The van der Waals surface area contributed by atoms with Crippen LogP contribution in [0.1, 0.15) is 43.8 Å². The van der Waals surface area contributed by atoms with E-state index in [9.17, 15) is 0 Å². The van der Waals surface area contributed by atoms with Gasteiger partial charge in [0.05, 0.1) is 14.6 Å². The molecule has 0 amide bonds. The normalized spacial score (nSPS) is 37.2. The average molecular weight is 336 g/mol. The third kappa shape index (κ3) is 4.00. The first-order valence-electron chi connectivity index (χ1n) is 9.37. The molecule has 0 aliphatic carbocycles. The lowest BCUT2D eigenvalue weighted by molar-refractivity contribution is -0.0889. The average Bonchev–Trinajstić information content (AvgIpc) is 2.98. The molecule has 6 heteroatoms. The number of nitrogens with zero attached hydrogens (tertiary/aromatic N) is 1. The summed E-state index contributed by atoms with van der Waals surface area (Å²) < 4.78 is 41.5. The van der Waals surface area contributed by atoms with E-state index in [1.807, 2.05) is 0 Å². The van der Waals surface area contributed by atoms with Gasteiger partial charge < -0.3 is 18.7 Å². The van der Waals surface area contributed by atoms with Crippen LogP contribution in [0.15, 0.2) is 0 Å². The first-order chi connectivity index (χ1) is 11.4. The molecule has 0 spiro atoms. The molecule has 0 aromatic carbocycles. The van der Waals surface area contributed by atoms with E-state index in [2.05, 4.69) is 32.4 Å². The van der Waals surface area contributed by atoms with E-state index >= 15 is 0 Å². The summed E-state index contributed by atoms with van der Waals surface area (Å²) >= 11 is 0. The molecule has 130 valence electrons. The Morgan fingerprint density at radius 3 is 2.73 bits per heavy atom. The van der Waals surface area contributed by atoms with Crippen molar-refractivity contribution in [1.82, 2.24) is 4.67 Å². The summed E-state index contributed by atoms with van der Waals surface area (Å²) in [7, 11) is 0.844. The lowest BCUT2D eigenvalue weighted by Crippen LogP contribution is -2.40. The van der Waals surface area contributed by atoms with Gasteiger partial charge in [-0.3, -0.25) is 4.67 Å². The zero-order valence-electron chi connectivity index (χ0n) is 16.4. The van der Waals surface area contributed by atoms with Crippen LogP contribution < -0.4 is 0 Å². The van der Waals surface area contributed by atoms with Crippen LogP contribution in [-0.2, 0) is 18.7 Å². The van der Waals surface area contributed by atoms with Crippen LogP contribution in [0, 0.1) is 0 Å². The predicted octanol–water partition coefficient (Wildman–Crippen LogP) is 3.03. The Morgan fingerprint density at radius 1 is 1.45 bits per heavy atom. The van der Waals surface area contributed by atoms with E-state index in [0.29, 0.717) is 25.3 Å². The summed E-state index contributed by atoms with van der Waals surface area (Å²) in [6.07, 6.45) is 1.12. The Balaban J connectivity index is 2.15. The van der Waals surface area contributed by atoms with Gasteiger partial charge in [-0.2, -0.15) is 0 Å². The highest BCUT2D eigenvalue weighted by Gasteiger charge is 2.55. The Labute approximate surface area is 139 Å². The first-order valence-corrected chi connectivity index (χ1v) is 9.48. The Bertz CT molecular complexity index is 396.